The Kier molecular flexibility index (Phi) is 2.26. The zero-order chi connectivity index (χ0) is 14.7. The average molecular weight is 286 g/mol. The minimum Gasteiger partial charge on any atom is -0.488 e. The summed E-state index contributed by atoms with van der Waals surface area (Å²) >= 11 is 0. The molecule has 106 valence electrons. The summed E-state index contributed by atoms with van der Waals surface area (Å²) in [7, 11) is 0. The molecule has 2 aromatic heterocycles. The molecule has 0 fully saturated rings. The van der Waals surface area contributed by atoms with Crippen LogP contribution in [0.4, 0.5) is 0 Å². The van der Waals surface area contributed by atoms with Crippen molar-refractivity contribution in [2.45, 2.75) is 19.4 Å². The summed E-state index contributed by atoms with van der Waals surface area (Å²) in [5.74, 6) is 1.27. The van der Waals surface area contributed by atoms with Crippen molar-refractivity contribution in [2.24, 2.45) is 0 Å². The van der Waals surface area contributed by atoms with Crippen LogP contribution in [0.2, 0.25) is 0 Å². The summed E-state index contributed by atoms with van der Waals surface area (Å²) in [5.41, 5.74) is 8.66. The number of ether oxygens (including phenoxy) is 1. The van der Waals surface area contributed by atoms with Crippen LogP contribution in [0.3, 0.4) is 0 Å². The van der Waals surface area contributed by atoms with Gasteiger partial charge in [0, 0.05) is 35.6 Å². The number of hydrogen-bond acceptors (Lipinski definition) is 3. The van der Waals surface area contributed by atoms with Gasteiger partial charge < -0.3 is 4.74 Å². The van der Waals surface area contributed by atoms with Gasteiger partial charge in [0.15, 0.2) is 0 Å². The topological polar surface area (TPSA) is 35.0 Å². The smallest absolute Gasteiger partial charge is 0.130 e. The Morgan fingerprint density at radius 3 is 3.00 bits per heavy atom. The highest BCUT2D eigenvalue weighted by atomic mass is 16.5. The van der Waals surface area contributed by atoms with Gasteiger partial charge in [-0.3, -0.25) is 9.97 Å². The number of aromatic nitrogens is 2. The maximum absolute atomic E-state index is 5.87. The Balaban J connectivity index is 1.87. The van der Waals surface area contributed by atoms with Crippen LogP contribution in [-0.4, -0.2) is 9.97 Å². The molecule has 3 nitrogen and oxygen atoms in total. The minimum atomic E-state index is 0.347. The standard InChI is InChI=1S/C19H14N2O/c1-11-13-3-2-7-21-19(13)14-5-4-12-10-22-16-6-8-20-9-15(16)18(12)17(11)14/h2-9,11H,10H2,1H3. The van der Waals surface area contributed by atoms with Crippen LogP contribution >= 0.6 is 0 Å². The first-order chi connectivity index (χ1) is 10.8. The maximum Gasteiger partial charge on any atom is 0.130 e. The SMILES string of the molecule is CC1c2cccnc2-c2ccc3c(c21)-c1cnccc1OC3. The third-order valence-corrected chi connectivity index (χ3v) is 4.76. The first-order valence-corrected chi connectivity index (χ1v) is 7.53. The number of fused-ring (bicyclic) bond motifs is 7. The highest BCUT2D eigenvalue weighted by Crippen LogP contribution is 2.51. The number of pyridine rings is 2. The van der Waals surface area contributed by atoms with Gasteiger partial charge in [-0.2, -0.15) is 0 Å². The van der Waals surface area contributed by atoms with Crippen LogP contribution in [0, 0.1) is 0 Å². The van der Waals surface area contributed by atoms with E-state index in [0.29, 0.717) is 12.5 Å². The Hall–Kier alpha value is -2.68. The van der Waals surface area contributed by atoms with Crippen molar-refractivity contribution in [3.05, 3.63) is 65.6 Å². The molecular weight excluding hydrogens is 272 g/mol. The summed E-state index contributed by atoms with van der Waals surface area (Å²) < 4.78 is 5.87. The third-order valence-electron chi connectivity index (χ3n) is 4.76. The molecule has 0 saturated heterocycles. The molecule has 0 bridgehead atoms. The molecule has 3 aromatic rings. The monoisotopic (exact) mass is 286 g/mol. The Labute approximate surface area is 128 Å². The maximum atomic E-state index is 5.87. The molecule has 0 amide bonds. The lowest BCUT2D eigenvalue weighted by Gasteiger charge is -2.24. The predicted molar refractivity (Wildman–Crippen MR) is 84.8 cm³/mol. The summed E-state index contributed by atoms with van der Waals surface area (Å²) in [6.45, 7) is 2.88. The second-order valence-electron chi connectivity index (χ2n) is 5.88. The predicted octanol–water partition coefficient (Wildman–Crippen LogP) is 4.17. The van der Waals surface area contributed by atoms with Crippen LogP contribution in [-0.2, 0) is 6.61 Å². The second kappa shape index (κ2) is 4.17. The fraction of sp³-hybridized carbons (Fsp3) is 0.158. The van der Waals surface area contributed by atoms with Crippen molar-refractivity contribution in [3.8, 4) is 28.1 Å². The van der Waals surface area contributed by atoms with E-state index in [1.165, 1.54) is 27.8 Å². The van der Waals surface area contributed by atoms with Crippen molar-refractivity contribution in [1.82, 2.24) is 9.97 Å². The lowest BCUT2D eigenvalue weighted by atomic mass is 9.87. The van der Waals surface area contributed by atoms with Crippen molar-refractivity contribution in [3.63, 3.8) is 0 Å². The Morgan fingerprint density at radius 2 is 2.05 bits per heavy atom. The van der Waals surface area contributed by atoms with E-state index in [1.807, 2.05) is 24.5 Å². The van der Waals surface area contributed by atoms with Crippen molar-refractivity contribution in [2.75, 3.05) is 0 Å². The zero-order valence-corrected chi connectivity index (χ0v) is 12.2. The van der Waals surface area contributed by atoms with Crippen molar-refractivity contribution >= 4 is 0 Å². The number of nitrogens with zero attached hydrogens (tertiary/aromatic N) is 2. The highest BCUT2D eigenvalue weighted by Gasteiger charge is 2.32. The molecular formula is C19H14N2O. The molecule has 1 aromatic carbocycles. The van der Waals surface area contributed by atoms with E-state index in [1.54, 1.807) is 6.20 Å². The van der Waals surface area contributed by atoms with E-state index in [0.717, 1.165) is 17.0 Å². The number of benzene rings is 1. The average Bonchev–Trinajstić information content (AvgIpc) is 2.88. The van der Waals surface area contributed by atoms with E-state index >= 15 is 0 Å². The quantitative estimate of drug-likeness (QED) is 0.622. The van der Waals surface area contributed by atoms with Gasteiger partial charge in [0.05, 0.1) is 5.69 Å². The van der Waals surface area contributed by atoms with Crippen molar-refractivity contribution < 1.29 is 4.74 Å². The number of hydrogen-bond donors (Lipinski definition) is 0. The molecule has 0 saturated carbocycles. The van der Waals surface area contributed by atoms with E-state index in [4.69, 9.17) is 4.74 Å². The highest BCUT2D eigenvalue weighted by molar-refractivity contribution is 5.88. The molecule has 3 heterocycles. The molecule has 22 heavy (non-hydrogen) atoms. The molecule has 1 atom stereocenters. The van der Waals surface area contributed by atoms with Crippen LogP contribution in [0.5, 0.6) is 5.75 Å². The molecule has 3 heteroatoms. The van der Waals surface area contributed by atoms with Gasteiger partial charge in [-0.25, -0.2) is 0 Å². The van der Waals surface area contributed by atoms with Gasteiger partial charge in [0.1, 0.15) is 12.4 Å². The minimum absolute atomic E-state index is 0.347. The lowest BCUT2D eigenvalue weighted by Crippen LogP contribution is -2.08. The molecule has 1 unspecified atom stereocenters. The third kappa shape index (κ3) is 1.40. The first kappa shape index (κ1) is 11.9. The van der Waals surface area contributed by atoms with E-state index in [-0.39, 0.29) is 0 Å². The summed E-state index contributed by atoms with van der Waals surface area (Å²) in [4.78, 5) is 8.91. The van der Waals surface area contributed by atoms with E-state index in [9.17, 15) is 0 Å². The zero-order valence-electron chi connectivity index (χ0n) is 12.2. The fourth-order valence-electron chi connectivity index (χ4n) is 3.76. The van der Waals surface area contributed by atoms with E-state index < -0.39 is 0 Å². The Bertz CT molecular complexity index is 917. The van der Waals surface area contributed by atoms with Crippen LogP contribution in [0.1, 0.15) is 29.5 Å². The van der Waals surface area contributed by atoms with Crippen LogP contribution in [0.25, 0.3) is 22.4 Å². The molecule has 1 aliphatic carbocycles. The Morgan fingerprint density at radius 1 is 1.09 bits per heavy atom. The molecule has 1 aliphatic heterocycles. The van der Waals surface area contributed by atoms with Gasteiger partial charge in [0.2, 0.25) is 0 Å². The largest absolute Gasteiger partial charge is 0.488 e. The molecule has 0 N–H and O–H groups in total. The molecule has 0 radical (unpaired) electrons. The summed E-state index contributed by atoms with van der Waals surface area (Å²) in [5, 5.41) is 0. The normalized spacial score (nSPS) is 17.0. The summed E-state index contributed by atoms with van der Waals surface area (Å²) in [6, 6.07) is 10.5. The van der Waals surface area contributed by atoms with Gasteiger partial charge in [-0.05, 0) is 34.4 Å². The van der Waals surface area contributed by atoms with Crippen LogP contribution < -0.4 is 4.74 Å². The van der Waals surface area contributed by atoms with Gasteiger partial charge in [0.25, 0.3) is 0 Å². The van der Waals surface area contributed by atoms with Crippen molar-refractivity contribution in [1.29, 1.82) is 0 Å². The van der Waals surface area contributed by atoms with Gasteiger partial charge in [-0.1, -0.05) is 25.1 Å². The lowest BCUT2D eigenvalue weighted by molar-refractivity contribution is 0.302. The first-order valence-electron chi connectivity index (χ1n) is 7.53. The van der Waals surface area contributed by atoms with Gasteiger partial charge in [-0.15, -0.1) is 0 Å². The number of rotatable bonds is 0. The molecule has 2 aliphatic rings. The van der Waals surface area contributed by atoms with Crippen LogP contribution in [0.15, 0.2) is 48.9 Å². The molecule has 5 rings (SSSR count). The second-order valence-corrected chi connectivity index (χ2v) is 5.88. The van der Waals surface area contributed by atoms with Gasteiger partial charge >= 0.3 is 0 Å². The summed E-state index contributed by atoms with van der Waals surface area (Å²) in [6.07, 6.45) is 5.57. The molecule has 0 spiro atoms. The fourth-order valence-corrected chi connectivity index (χ4v) is 3.76. The van der Waals surface area contributed by atoms with E-state index in [2.05, 4.69) is 35.1 Å².